The molecule has 1 atom stereocenters. The van der Waals surface area contributed by atoms with Crippen LogP contribution in [0.3, 0.4) is 0 Å². The van der Waals surface area contributed by atoms with Crippen LogP contribution in [0.15, 0.2) is 30.3 Å². The molecule has 0 aliphatic carbocycles. The molecular weight excluding hydrogens is 257 g/mol. The van der Waals surface area contributed by atoms with Gasteiger partial charge in [-0.1, -0.05) is 37.3 Å². The molecule has 0 aliphatic heterocycles. The van der Waals surface area contributed by atoms with Crippen molar-refractivity contribution >= 4 is 17.5 Å². The molecule has 0 saturated heterocycles. The van der Waals surface area contributed by atoms with Gasteiger partial charge in [-0.15, -0.1) is 0 Å². The first kappa shape index (κ1) is 21.8. The van der Waals surface area contributed by atoms with Gasteiger partial charge < -0.3 is 19.9 Å². The summed E-state index contributed by atoms with van der Waals surface area (Å²) in [6.07, 6.45) is -0.194. The molecule has 0 saturated carbocycles. The van der Waals surface area contributed by atoms with Gasteiger partial charge in [0.25, 0.3) is 0 Å². The molecule has 0 fully saturated rings. The van der Waals surface area contributed by atoms with Crippen molar-refractivity contribution in [3.05, 3.63) is 35.9 Å². The summed E-state index contributed by atoms with van der Waals surface area (Å²) in [5, 5.41) is 7.19. The molecule has 0 spiro atoms. The van der Waals surface area contributed by atoms with Crippen molar-refractivity contribution in [1.29, 1.82) is 0 Å². The second kappa shape index (κ2) is 15.6. The number of rotatable bonds is 1. The first-order chi connectivity index (χ1) is 7.40. The first-order valence-corrected chi connectivity index (χ1v) is 5.24. The van der Waals surface area contributed by atoms with Crippen LogP contribution in [-0.4, -0.2) is 24.5 Å². The molecule has 0 heterocycles. The topological polar surface area (TPSA) is 124 Å². The van der Waals surface area contributed by atoms with Gasteiger partial charge >= 0.3 is 35.7 Å². The molecule has 1 rings (SSSR count). The second-order valence-corrected chi connectivity index (χ2v) is 2.83. The number of carbonyl (C=O) groups is 1. The van der Waals surface area contributed by atoms with E-state index in [0.29, 0.717) is 0 Å². The predicted octanol–water partition coefficient (Wildman–Crippen LogP) is -1.79. The van der Waals surface area contributed by atoms with E-state index in [1.165, 1.54) is 5.56 Å². The molecular formula is C9H14NNaO5S. The van der Waals surface area contributed by atoms with Gasteiger partial charge in [0.2, 0.25) is 0 Å². The second-order valence-electron chi connectivity index (χ2n) is 2.39. The Hall–Kier alpha value is -0.440. The van der Waals surface area contributed by atoms with Gasteiger partial charge in [0, 0.05) is 0 Å². The van der Waals surface area contributed by atoms with Crippen LogP contribution in [0, 0.1) is 0 Å². The maximum atomic E-state index is 8.78. The smallest absolute Gasteiger partial charge is 0.750 e. The van der Waals surface area contributed by atoms with E-state index in [2.05, 4.69) is 36.9 Å². The fourth-order valence-electron chi connectivity index (χ4n) is 0.714. The standard InChI is InChI=1S/C8H10.CH3NO2.Na.H2O3S/c1-2-8-6-4-3-5-7-8;2-1(3)4;;1-4(2)3/h3-7H,2H2,1H3;2H2,(H,3,4);;(H2,1,2,3)/q;;+1;/p-1. The van der Waals surface area contributed by atoms with E-state index >= 15 is 0 Å². The minimum absolute atomic E-state index is 0. The molecule has 0 bridgehead atoms. The Morgan fingerprint density at radius 1 is 1.41 bits per heavy atom. The summed E-state index contributed by atoms with van der Waals surface area (Å²) in [6, 6.07) is 10.5. The van der Waals surface area contributed by atoms with Crippen molar-refractivity contribution in [2.24, 2.45) is 5.73 Å². The summed E-state index contributed by atoms with van der Waals surface area (Å²) in [6.45, 7) is 2.16. The van der Waals surface area contributed by atoms with Gasteiger partial charge in [0.15, 0.2) is 0 Å². The summed E-state index contributed by atoms with van der Waals surface area (Å²) in [5.41, 5.74) is 5.44. The molecule has 0 radical (unpaired) electrons. The SMILES string of the molecule is CCc1ccccc1.NC(=O)O.O=S([O-])O.[Na+]. The number of benzene rings is 1. The molecule has 4 N–H and O–H groups in total. The van der Waals surface area contributed by atoms with E-state index in [1.54, 1.807) is 0 Å². The summed E-state index contributed by atoms with van der Waals surface area (Å²) in [4.78, 5) is 8.78. The quantitative estimate of drug-likeness (QED) is 0.411. The van der Waals surface area contributed by atoms with E-state index in [9.17, 15) is 0 Å². The monoisotopic (exact) mass is 271 g/mol. The Bertz CT molecular complexity index is 290. The van der Waals surface area contributed by atoms with E-state index in [-0.39, 0.29) is 29.6 Å². The number of carboxylic acid groups (broad SMARTS) is 1. The van der Waals surface area contributed by atoms with Crippen LogP contribution < -0.4 is 35.3 Å². The maximum Gasteiger partial charge on any atom is 1.00 e. The zero-order chi connectivity index (χ0) is 13.0. The molecule has 6 nitrogen and oxygen atoms in total. The minimum atomic E-state index is -2.86. The fraction of sp³-hybridized carbons (Fsp3) is 0.222. The number of hydrogen-bond donors (Lipinski definition) is 3. The number of nitrogens with two attached hydrogens (primary N) is 1. The van der Waals surface area contributed by atoms with Gasteiger partial charge in [-0.2, -0.15) is 0 Å². The van der Waals surface area contributed by atoms with Crippen LogP contribution in [0.25, 0.3) is 0 Å². The van der Waals surface area contributed by atoms with E-state index in [1.807, 2.05) is 6.07 Å². The summed E-state index contributed by atoms with van der Waals surface area (Å²) >= 11 is -2.86. The van der Waals surface area contributed by atoms with Crippen molar-refractivity contribution in [3.8, 4) is 0 Å². The molecule has 8 heteroatoms. The van der Waals surface area contributed by atoms with Crippen LogP contribution >= 0.6 is 0 Å². The Balaban J connectivity index is -0.000000189. The molecule has 92 valence electrons. The largest absolute Gasteiger partial charge is 1.00 e. The molecule has 17 heavy (non-hydrogen) atoms. The van der Waals surface area contributed by atoms with Crippen molar-refractivity contribution in [1.82, 2.24) is 0 Å². The Kier molecular flexibility index (Phi) is 20.0. The van der Waals surface area contributed by atoms with Crippen LogP contribution in [-0.2, 0) is 17.8 Å². The fourth-order valence-corrected chi connectivity index (χ4v) is 0.714. The Morgan fingerprint density at radius 2 is 1.71 bits per heavy atom. The average molecular weight is 271 g/mol. The molecule has 1 aromatic rings. The van der Waals surface area contributed by atoms with Gasteiger partial charge in [-0.05, 0) is 12.0 Å². The van der Waals surface area contributed by atoms with Crippen molar-refractivity contribution in [3.63, 3.8) is 0 Å². The van der Waals surface area contributed by atoms with Crippen molar-refractivity contribution in [2.75, 3.05) is 0 Å². The van der Waals surface area contributed by atoms with Crippen LogP contribution in [0.5, 0.6) is 0 Å². The van der Waals surface area contributed by atoms with Crippen LogP contribution in [0.1, 0.15) is 12.5 Å². The summed E-state index contributed by atoms with van der Waals surface area (Å²) < 4.78 is 24.1. The van der Waals surface area contributed by atoms with Gasteiger partial charge in [0.1, 0.15) is 0 Å². The minimum Gasteiger partial charge on any atom is -0.750 e. The zero-order valence-electron chi connectivity index (χ0n) is 9.70. The van der Waals surface area contributed by atoms with Crippen molar-refractivity contribution in [2.45, 2.75) is 13.3 Å². The predicted molar refractivity (Wildman–Crippen MR) is 59.6 cm³/mol. The first-order valence-electron chi connectivity index (χ1n) is 4.20. The van der Waals surface area contributed by atoms with Crippen LogP contribution in [0.2, 0.25) is 0 Å². The third-order valence-electron chi connectivity index (χ3n) is 1.25. The third-order valence-corrected chi connectivity index (χ3v) is 1.25. The number of aryl methyl sites for hydroxylation is 1. The van der Waals surface area contributed by atoms with Gasteiger partial charge in [0.05, 0.1) is 11.4 Å². The van der Waals surface area contributed by atoms with Crippen molar-refractivity contribution < 1.29 is 52.8 Å². The van der Waals surface area contributed by atoms with Gasteiger partial charge in [-0.25, -0.2) is 9.00 Å². The number of hydrogen-bond acceptors (Lipinski definition) is 3. The van der Waals surface area contributed by atoms with Crippen LogP contribution in [0.4, 0.5) is 4.79 Å². The number of amides is 1. The molecule has 1 amide bonds. The maximum absolute atomic E-state index is 8.78. The van der Waals surface area contributed by atoms with Gasteiger partial charge in [-0.3, -0.25) is 0 Å². The van der Waals surface area contributed by atoms with E-state index in [4.69, 9.17) is 23.2 Å². The summed E-state index contributed by atoms with van der Waals surface area (Å²) in [7, 11) is 0. The number of primary amides is 1. The Morgan fingerprint density at radius 3 is 1.88 bits per heavy atom. The Labute approximate surface area is 125 Å². The van der Waals surface area contributed by atoms with E-state index < -0.39 is 17.5 Å². The average Bonchev–Trinajstić information content (AvgIpc) is 2.17. The van der Waals surface area contributed by atoms with E-state index in [0.717, 1.165) is 6.42 Å². The molecule has 0 aliphatic rings. The third kappa shape index (κ3) is 31.3. The summed E-state index contributed by atoms with van der Waals surface area (Å²) in [5.74, 6) is 0. The zero-order valence-corrected chi connectivity index (χ0v) is 12.5. The molecule has 0 aromatic heterocycles. The normalized spacial score (nSPS) is 9.35. The molecule has 1 unspecified atom stereocenters. The molecule has 1 aromatic carbocycles.